The van der Waals surface area contributed by atoms with Gasteiger partial charge >= 0.3 is 6.18 Å². The number of carbonyl (C=O) groups excluding carboxylic acids is 1. The second-order valence-electron chi connectivity index (χ2n) is 6.30. The summed E-state index contributed by atoms with van der Waals surface area (Å²) in [6.07, 6.45) is -4.38. The van der Waals surface area contributed by atoms with Crippen LogP contribution >= 0.6 is 0 Å². The highest BCUT2D eigenvalue weighted by molar-refractivity contribution is 5.78. The Morgan fingerprint density at radius 2 is 1.75 bits per heavy atom. The molecular formula is C17H25F3N2O2. The monoisotopic (exact) mass is 346 g/mol. The van der Waals surface area contributed by atoms with E-state index in [0.29, 0.717) is 17.7 Å². The van der Waals surface area contributed by atoms with Gasteiger partial charge in [-0.1, -0.05) is 19.1 Å². The molecule has 0 bridgehead atoms. The first-order valence-electron chi connectivity index (χ1n) is 7.72. The third-order valence-electron chi connectivity index (χ3n) is 3.87. The molecule has 24 heavy (non-hydrogen) atoms. The number of rotatable bonds is 6. The Morgan fingerprint density at radius 3 is 2.17 bits per heavy atom. The van der Waals surface area contributed by atoms with Gasteiger partial charge in [-0.05, 0) is 37.5 Å². The summed E-state index contributed by atoms with van der Waals surface area (Å²) < 4.78 is 41.8. The Labute approximate surface area is 140 Å². The van der Waals surface area contributed by atoms with Gasteiger partial charge in [-0.15, -0.1) is 0 Å². The first kappa shape index (κ1) is 20.3. The Hall–Kier alpha value is -1.76. The average Bonchev–Trinajstić information content (AvgIpc) is 2.43. The van der Waals surface area contributed by atoms with E-state index < -0.39 is 12.8 Å². The van der Waals surface area contributed by atoms with E-state index in [-0.39, 0.29) is 23.6 Å². The van der Waals surface area contributed by atoms with E-state index in [4.69, 9.17) is 10.5 Å². The van der Waals surface area contributed by atoms with Crippen LogP contribution in [0, 0.1) is 19.8 Å². The van der Waals surface area contributed by atoms with Crippen molar-refractivity contribution in [3.8, 4) is 5.75 Å². The van der Waals surface area contributed by atoms with Gasteiger partial charge in [0.05, 0.1) is 5.92 Å². The number of hydrogen-bond acceptors (Lipinski definition) is 3. The van der Waals surface area contributed by atoms with Gasteiger partial charge in [-0.2, -0.15) is 13.2 Å². The standard InChI is InChI=1S/C17H25F3N2O2/c1-10-6-14(8-22(5)16(23)12(3)13(4)21)7-11(2)15(10)24-9-17(18,19)20/h6-7,12-13H,8-9,21H2,1-5H3. The number of nitrogens with zero attached hydrogens (tertiary/aromatic N) is 1. The van der Waals surface area contributed by atoms with E-state index in [2.05, 4.69) is 0 Å². The fourth-order valence-electron chi connectivity index (χ4n) is 2.44. The molecule has 0 radical (unpaired) electrons. The van der Waals surface area contributed by atoms with Crippen molar-refractivity contribution in [1.82, 2.24) is 4.90 Å². The second-order valence-corrected chi connectivity index (χ2v) is 6.30. The predicted molar refractivity (Wildman–Crippen MR) is 86.8 cm³/mol. The van der Waals surface area contributed by atoms with Crippen molar-refractivity contribution in [2.24, 2.45) is 11.7 Å². The van der Waals surface area contributed by atoms with Gasteiger partial charge in [0.1, 0.15) is 5.75 Å². The molecule has 0 fully saturated rings. The third-order valence-corrected chi connectivity index (χ3v) is 3.87. The minimum absolute atomic E-state index is 0.0716. The molecule has 0 saturated carbocycles. The van der Waals surface area contributed by atoms with Crippen molar-refractivity contribution < 1.29 is 22.7 Å². The summed E-state index contributed by atoms with van der Waals surface area (Å²) in [6, 6.07) is 3.22. The molecule has 2 atom stereocenters. The van der Waals surface area contributed by atoms with Crippen molar-refractivity contribution in [3.63, 3.8) is 0 Å². The Balaban J connectivity index is 2.86. The van der Waals surface area contributed by atoms with Crippen LogP contribution in [0.4, 0.5) is 13.2 Å². The number of benzene rings is 1. The van der Waals surface area contributed by atoms with E-state index >= 15 is 0 Å². The maximum absolute atomic E-state index is 12.3. The van der Waals surface area contributed by atoms with E-state index in [9.17, 15) is 18.0 Å². The molecule has 136 valence electrons. The maximum Gasteiger partial charge on any atom is 0.422 e. The van der Waals surface area contributed by atoms with Gasteiger partial charge in [0, 0.05) is 19.6 Å². The molecule has 0 heterocycles. The summed E-state index contributed by atoms with van der Waals surface area (Å²) in [6.45, 7) is 5.96. The molecule has 2 unspecified atom stereocenters. The highest BCUT2D eigenvalue weighted by Gasteiger charge is 2.29. The minimum atomic E-state index is -4.38. The second kappa shape index (κ2) is 7.88. The average molecular weight is 346 g/mol. The van der Waals surface area contributed by atoms with Crippen LogP contribution in [0.5, 0.6) is 5.75 Å². The fraction of sp³-hybridized carbons (Fsp3) is 0.588. The zero-order valence-corrected chi connectivity index (χ0v) is 14.7. The van der Waals surface area contributed by atoms with Crippen LogP contribution < -0.4 is 10.5 Å². The smallest absolute Gasteiger partial charge is 0.422 e. The highest BCUT2D eigenvalue weighted by Crippen LogP contribution is 2.27. The van der Waals surface area contributed by atoms with Crippen LogP contribution in [-0.4, -0.2) is 36.7 Å². The number of hydrogen-bond donors (Lipinski definition) is 1. The Bertz CT molecular complexity index is 563. The van der Waals surface area contributed by atoms with Crippen LogP contribution in [-0.2, 0) is 11.3 Å². The number of alkyl halides is 3. The van der Waals surface area contributed by atoms with Gasteiger partial charge in [-0.3, -0.25) is 4.79 Å². The van der Waals surface area contributed by atoms with Crippen molar-refractivity contribution in [3.05, 3.63) is 28.8 Å². The molecule has 0 spiro atoms. The summed E-state index contributed by atoms with van der Waals surface area (Å²) >= 11 is 0. The fourth-order valence-corrected chi connectivity index (χ4v) is 2.44. The molecule has 0 aromatic heterocycles. The summed E-state index contributed by atoms with van der Waals surface area (Å²) in [4.78, 5) is 13.8. The zero-order chi connectivity index (χ0) is 18.7. The molecule has 4 nitrogen and oxygen atoms in total. The molecule has 1 aromatic carbocycles. The van der Waals surface area contributed by atoms with E-state index in [1.165, 1.54) is 0 Å². The molecule has 0 aliphatic heterocycles. The molecule has 0 saturated heterocycles. The van der Waals surface area contributed by atoms with E-state index in [0.717, 1.165) is 5.56 Å². The number of nitrogens with two attached hydrogens (primary N) is 1. The Kier molecular flexibility index (Phi) is 6.66. The number of halogens is 3. The number of ether oxygens (including phenoxy) is 1. The molecule has 1 amide bonds. The van der Waals surface area contributed by atoms with Gasteiger partial charge in [0.25, 0.3) is 0 Å². The highest BCUT2D eigenvalue weighted by atomic mass is 19.4. The minimum Gasteiger partial charge on any atom is -0.484 e. The third kappa shape index (κ3) is 5.70. The summed E-state index contributed by atoms with van der Waals surface area (Å²) in [7, 11) is 1.68. The van der Waals surface area contributed by atoms with E-state index in [1.807, 2.05) is 0 Å². The lowest BCUT2D eigenvalue weighted by Crippen LogP contribution is -2.39. The normalized spacial score (nSPS) is 14.2. The number of aryl methyl sites for hydroxylation is 2. The summed E-state index contributed by atoms with van der Waals surface area (Å²) in [5.74, 6) is -0.140. The largest absolute Gasteiger partial charge is 0.484 e. The molecule has 1 aromatic rings. The lowest BCUT2D eigenvalue weighted by molar-refractivity contribution is -0.153. The van der Waals surface area contributed by atoms with Crippen LogP contribution in [0.25, 0.3) is 0 Å². The van der Waals surface area contributed by atoms with Crippen molar-refractivity contribution in [2.45, 2.75) is 46.5 Å². The molecule has 1 rings (SSSR count). The lowest BCUT2D eigenvalue weighted by Gasteiger charge is -2.24. The summed E-state index contributed by atoms with van der Waals surface area (Å²) in [5.41, 5.74) is 7.79. The predicted octanol–water partition coefficient (Wildman–Crippen LogP) is 3.19. The quantitative estimate of drug-likeness (QED) is 0.861. The molecule has 2 N–H and O–H groups in total. The molecule has 0 aliphatic carbocycles. The first-order valence-corrected chi connectivity index (χ1v) is 7.72. The topological polar surface area (TPSA) is 55.6 Å². The molecule has 7 heteroatoms. The van der Waals surface area contributed by atoms with E-state index in [1.54, 1.807) is 51.8 Å². The van der Waals surface area contributed by atoms with Crippen LogP contribution in [0.2, 0.25) is 0 Å². The van der Waals surface area contributed by atoms with Gasteiger partial charge in [-0.25, -0.2) is 0 Å². The Morgan fingerprint density at radius 1 is 1.25 bits per heavy atom. The van der Waals surface area contributed by atoms with Crippen LogP contribution in [0.3, 0.4) is 0 Å². The number of carbonyl (C=O) groups is 1. The SMILES string of the molecule is Cc1cc(CN(C)C(=O)C(C)C(C)N)cc(C)c1OCC(F)(F)F. The van der Waals surface area contributed by atoms with Crippen molar-refractivity contribution in [1.29, 1.82) is 0 Å². The summed E-state index contributed by atoms with van der Waals surface area (Å²) in [5, 5.41) is 0. The lowest BCUT2D eigenvalue weighted by atomic mass is 10.0. The van der Waals surface area contributed by atoms with Gasteiger partial charge in [0.2, 0.25) is 5.91 Å². The number of amides is 1. The molecular weight excluding hydrogens is 321 g/mol. The van der Waals surface area contributed by atoms with Gasteiger partial charge < -0.3 is 15.4 Å². The maximum atomic E-state index is 12.3. The zero-order valence-electron chi connectivity index (χ0n) is 14.7. The van der Waals surface area contributed by atoms with Gasteiger partial charge in [0.15, 0.2) is 6.61 Å². The van der Waals surface area contributed by atoms with Crippen LogP contribution in [0.1, 0.15) is 30.5 Å². The van der Waals surface area contributed by atoms with Crippen LogP contribution in [0.15, 0.2) is 12.1 Å². The van der Waals surface area contributed by atoms with Crippen molar-refractivity contribution >= 4 is 5.91 Å². The first-order chi connectivity index (χ1) is 10.9. The molecule has 0 aliphatic rings. The van der Waals surface area contributed by atoms with Crippen molar-refractivity contribution in [2.75, 3.05) is 13.7 Å².